The van der Waals surface area contributed by atoms with E-state index in [0.717, 1.165) is 32.1 Å². The van der Waals surface area contributed by atoms with Crippen molar-refractivity contribution in [3.63, 3.8) is 0 Å². The van der Waals surface area contributed by atoms with Gasteiger partial charge in [-0.3, -0.25) is 4.79 Å². The number of ether oxygens (including phenoxy) is 1. The number of amides is 2. The molecule has 0 saturated carbocycles. The van der Waals surface area contributed by atoms with Crippen molar-refractivity contribution in [3.8, 4) is 0 Å². The lowest BCUT2D eigenvalue weighted by molar-refractivity contribution is -0.118. The molecule has 5 heteroatoms. The van der Waals surface area contributed by atoms with Crippen LogP contribution in [-0.2, 0) is 22.4 Å². The fourth-order valence-corrected chi connectivity index (χ4v) is 2.35. The summed E-state index contributed by atoms with van der Waals surface area (Å²) < 4.78 is 5.18. The van der Waals surface area contributed by atoms with Crippen LogP contribution in [0.3, 0.4) is 0 Å². The van der Waals surface area contributed by atoms with Crippen LogP contribution in [-0.4, -0.2) is 24.1 Å². The van der Waals surface area contributed by atoms with E-state index < -0.39 is 0 Å². The zero-order chi connectivity index (χ0) is 18.0. The maximum absolute atomic E-state index is 11.6. The monoisotopic (exact) mass is 334 g/mol. The van der Waals surface area contributed by atoms with Gasteiger partial charge in [0.25, 0.3) is 0 Å². The van der Waals surface area contributed by atoms with Crippen LogP contribution in [0.5, 0.6) is 0 Å². The SMILES string of the molecule is CC(C)(C)NC(=O)OCCCc1cccc(CCCCC(N)=O)c1. The Bertz CT molecular complexity index is 536. The predicted molar refractivity (Wildman–Crippen MR) is 95.7 cm³/mol. The number of rotatable bonds is 9. The zero-order valence-corrected chi connectivity index (χ0v) is 15.1. The van der Waals surface area contributed by atoms with Gasteiger partial charge in [-0.05, 0) is 64.0 Å². The molecule has 2 amide bonds. The predicted octanol–water partition coefficient (Wildman–Crippen LogP) is 3.34. The van der Waals surface area contributed by atoms with Gasteiger partial charge in [-0.2, -0.15) is 0 Å². The normalized spacial score (nSPS) is 11.1. The van der Waals surface area contributed by atoms with Crippen LogP contribution in [0.1, 0.15) is 57.6 Å². The summed E-state index contributed by atoms with van der Waals surface area (Å²) >= 11 is 0. The standard InChI is InChI=1S/C19H30N2O3/c1-19(2,3)21-18(23)24-13-7-11-16-10-6-9-15(14-16)8-4-5-12-17(20)22/h6,9-10,14H,4-5,7-8,11-13H2,1-3H3,(H2,20,22)(H,21,23). The molecule has 0 heterocycles. The summed E-state index contributed by atoms with van der Waals surface area (Å²) in [7, 11) is 0. The van der Waals surface area contributed by atoms with Crippen LogP contribution in [0.25, 0.3) is 0 Å². The number of hydrogen-bond donors (Lipinski definition) is 2. The van der Waals surface area contributed by atoms with Crippen molar-refractivity contribution in [2.24, 2.45) is 5.73 Å². The molecule has 1 aromatic rings. The molecule has 0 unspecified atom stereocenters. The summed E-state index contributed by atoms with van der Waals surface area (Å²) in [4.78, 5) is 22.3. The summed E-state index contributed by atoms with van der Waals surface area (Å²) in [5, 5.41) is 2.77. The van der Waals surface area contributed by atoms with Gasteiger partial charge in [-0.25, -0.2) is 4.79 Å². The third-order valence-electron chi connectivity index (χ3n) is 3.45. The molecule has 1 aromatic carbocycles. The highest BCUT2D eigenvalue weighted by molar-refractivity contribution is 5.73. The Balaban J connectivity index is 2.27. The lowest BCUT2D eigenvalue weighted by Crippen LogP contribution is -2.41. The molecule has 0 saturated heterocycles. The second-order valence-corrected chi connectivity index (χ2v) is 7.11. The highest BCUT2D eigenvalue weighted by Crippen LogP contribution is 2.11. The molecule has 1 rings (SSSR count). The van der Waals surface area contributed by atoms with Crippen molar-refractivity contribution in [2.75, 3.05) is 6.61 Å². The van der Waals surface area contributed by atoms with Gasteiger partial charge >= 0.3 is 6.09 Å². The number of hydrogen-bond acceptors (Lipinski definition) is 3. The second-order valence-electron chi connectivity index (χ2n) is 7.11. The first-order valence-electron chi connectivity index (χ1n) is 8.57. The summed E-state index contributed by atoms with van der Waals surface area (Å²) in [5.74, 6) is -0.237. The Kier molecular flexibility index (Phi) is 8.30. The van der Waals surface area contributed by atoms with Crippen molar-refractivity contribution in [1.82, 2.24) is 5.32 Å². The number of aryl methyl sites for hydroxylation is 2. The molecular weight excluding hydrogens is 304 g/mol. The maximum Gasteiger partial charge on any atom is 0.407 e. The van der Waals surface area contributed by atoms with Gasteiger partial charge in [0, 0.05) is 12.0 Å². The first-order valence-corrected chi connectivity index (χ1v) is 8.57. The van der Waals surface area contributed by atoms with E-state index in [1.54, 1.807) is 0 Å². The Morgan fingerprint density at radius 2 is 1.71 bits per heavy atom. The van der Waals surface area contributed by atoms with E-state index in [-0.39, 0.29) is 17.5 Å². The Morgan fingerprint density at radius 1 is 1.08 bits per heavy atom. The molecular formula is C19H30N2O3. The van der Waals surface area contributed by atoms with Gasteiger partial charge in [-0.1, -0.05) is 24.3 Å². The highest BCUT2D eigenvalue weighted by atomic mass is 16.5. The van der Waals surface area contributed by atoms with Gasteiger partial charge in [0.1, 0.15) is 0 Å². The minimum Gasteiger partial charge on any atom is -0.450 e. The van der Waals surface area contributed by atoms with Crippen molar-refractivity contribution >= 4 is 12.0 Å². The summed E-state index contributed by atoms with van der Waals surface area (Å²) in [6.45, 7) is 6.17. The summed E-state index contributed by atoms with van der Waals surface area (Å²) in [5.41, 5.74) is 7.37. The van der Waals surface area contributed by atoms with Crippen molar-refractivity contribution in [1.29, 1.82) is 0 Å². The molecule has 0 aromatic heterocycles. The van der Waals surface area contributed by atoms with E-state index in [4.69, 9.17) is 10.5 Å². The van der Waals surface area contributed by atoms with Gasteiger partial charge in [-0.15, -0.1) is 0 Å². The number of nitrogens with one attached hydrogen (secondary N) is 1. The van der Waals surface area contributed by atoms with Crippen LogP contribution in [0.15, 0.2) is 24.3 Å². The fraction of sp³-hybridized carbons (Fsp3) is 0.579. The van der Waals surface area contributed by atoms with Gasteiger partial charge in [0.2, 0.25) is 5.91 Å². The Morgan fingerprint density at radius 3 is 2.29 bits per heavy atom. The molecule has 5 nitrogen and oxygen atoms in total. The number of unbranched alkanes of at least 4 members (excludes halogenated alkanes) is 1. The van der Waals surface area contributed by atoms with Gasteiger partial charge < -0.3 is 15.8 Å². The number of alkyl carbamates (subject to hydrolysis) is 1. The lowest BCUT2D eigenvalue weighted by Gasteiger charge is -2.19. The molecule has 0 atom stereocenters. The van der Waals surface area contributed by atoms with E-state index in [2.05, 4.69) is 23.5 Å². The Hall–Kier alpha value is -2.04. The van der Waals surface area contributed by atoms with Crippen molar-refractivity contribution in [2.45, 2.75) is 64.8 Å². The van der Waals surface area contributed by atoms with E-state index in [0.29, 0.717) is 13.0 Å². The third kappa shape index (κ3) is 9.87. The average molecular weight is 334 g/mol. The molecule has 0 aliphatic heterocycles. The third-order valence-corrected chi connectivity index (χ3v) is 3.45. The second kappa shape index (κ2) is 9.96. The van der Waals surface area contributed by atoms with E-state index >= 15 is 0 Å². The van der Waals surface area contributed by atoms with Crippen LogP contribution in [0.4, 0.5) is 4.79 Å². The van der Waals surface area contributed by atoms with Crippen molar-refractivity contribution in [3.05, 3.63) is 35.4 Å². The van der Waals surface area contributed by atoms with Gasteiger partial charge in [0.15, 0.2) is 0 Å². The average Bonchev–Trinajstić information content (AvgIpc) is 2.47. The summed E-state index contributed by atoms with van der Waals surface area (Å²) in [6, 6.07) is 8.41. The molecule has 134 valence electrons. The number of nitrogens with two attached hydrogens (primary N) is 1. The minimum atomic E-state index is -0.370. The molecule has 0 radical (unpaired) electrons. The molecule has 0 aliphatic rings. The van der Waals surface area contributed by atoms with Crippen LogP contribution >= 0.6 is 0 Å². The van der Waals surface area contributed by atoms with Crippen molar-refractivity contribution < 1.29 is 14.3 Å². The van der Waals surface area contributed by atoms with Crippen LogP contribution in [0.2, 0.25) is 0 Å². The smallest absolute Gasteiger partial charge is 0.407 e. The van der Waals surface area contributed by atoms with E-state index in [9.17, 15) is 9.59 Å². The number of primary amides is 1. The summed E-state index contributed by atoms with van der Waals surface area (Å²) in [6.07, 6.45) is 4.49. The lowest BCUT2D eigenvalue weighted by atomic mass is 10.0. The Labute approximate surface area is 145 Å². The van der Waals surface area contributed by atoms with E-state index in [1.165, 1.54) is 11.1 Å². The molecule has 0 bridgehead atoms. The molecule has 3 N–H and O–H groups in total. The van der Waals surface area contributed by atoms with Crippen LogP contribution < -0.4 is 11.1 Å². The number of carbonyl (C=O) groups is 2. The first-order chi connectivity index (χ1) is 11.3. The largest absolute Gasteiger partial charge is 0.450 e. The topological polar surface area (TPSA) is 81.4 Å². The number of carbonyl (C=O) groups excluding carboxylic acids is 2. The van der Waals surface area contributed by atoms with Crippen LogP contribution in [0, 0.1) is 0 Å². The van der Waals surface area contributed by atoms with Gasteiger partial charge in [0.05, 0.1) is 6.61 Å². The van der Waals surface area contributed by atoms with E-state index in [1.807, 2.05) is 26.8 Å². The molecule has 0 spiro atoms. The quantitative estimate of drug-likeness (QED) is 0.680. The minimum absolute atomic E-state index is 0.237. The zero-order valence-electron chi connectivity index (χ0n) is 15.1. The molecule has 0 aliphatic carbocycles. The molecule has 24 heavy (non-hydrogen) atoms. The maximum atomic E-state index is 11.6. The fourth-order valence-electron chi connectivity index (χ4n) is 2.35. The first kappa shape index (κ1) is 20.0. The number of benzene rings is 1. The molecule has 0 fully saturated rings. The highest BCUT2D eigenvalue weighted by Gasteiger charge is 2.14.